The lowest BCUT2D eigenvalue weighted by molar-refractivity contribution is 0.0174. The van der Waals surface area contributed by atoms with E-state index in [1.807, 2.05) is 12.1 Å². The summed E-state index contributed by atoms with van der Waals surface area (Å²) in [6.45, 7) is 7.48. The Morgan fingerprint density at radius 2 is 2.15 bits per heavy atom. The molecule has 1 aliphatic carbocycles. The Balaban J connectivity index is 2.00. The monoisotopic (exact) mass is 275 g/mol. The first-order valence-electron chi connectivity index (χ1n) is 6.66. The molecule has 1 atom stereocenters. The van der Waals surface area contributed by atoms with Crippen LogP contribution in [0.3, 0.4) is 0 Å². The Labute approximate surface area is 118 Å². The van der Waals surface area contributed by atoms with E-state index in [0.29, 0.717) is 12.5 Å². The van der Waals surface area contributed by atoms with E-state index < -0.39 is 5.92 Å². The van der Waals surface area contributed by atoms with Gasteiger partial charge in [0.1, 0.15) is 0 Å². The van der Waals surface area contributed by atoms with Gasteiger partial charge in [0.15, 0.2) is 0 Å². The van der Waals surface area contributed by atoms with Crippen molar-refractivity contribution in [3.63, 3.8) is 0 Å². The summed E-state index contributed by atoms with van der Waals surface area (Å²) < 4.78 is 26.5. The van der Waals surface area contributed by atoms with Crippen molar-refractivity contribution < 1.29 is 8.78 Å². The normalized spacial score (nSPS) is 18.0. The van der Waals surface area contributed by atoms with Gasteiger partial charge in [-0.25, -0.2) is 8.78 Å². The molecule has 1 aromatic rings. The Kier molecular flexibility index (Phi) is 4.07. The van der Waals surface area contributed by atoms with Gasteiger partial charge in [0.05, 0.1) is 0 Å². The van der Waals surface area contributed by atoms with Crippen molar-refractivity contribution >= 4 is 0 Å². The van der Waals surface area contributed by atoms with E-state index in [-0.39, 0.29) is 5.56 Å². The summed E-state index contributed by atoms with van der Waals surface area (Å²) in [5.74, 6) is -2.38. The molecule has 0 radical (unpaired) electrons. The number of rotatable bonds is 5. The van der Waals surface area contributed by atoms with Gasteiger partial charge in [-0.1, -0.05) is 49.9 Å². The van der Waals surface area contributed by atoms with Crippen LogP contribution in [-0.4, -0.2) is 0 Å². The highest BCUT2D eigenvalue weighted by Gasteiger charge is 2.24. The minimum Gasteiger partial charge on any atom is -0.381 e. The maximum Gasteiger partial charge on any atom is 0.270 e. The van der Waals surface area contributed by atoms with E-state index in [4.69, 9.17) is 0 Å². The summed E-state index contributed by atoms with van der Waals surface area (Å²) in [4.78, 5) is 0. The second-order valence-electron chi connectivity index (χ2n) is 5.26. The number of alkyl halides is 2. The van der Waals surface area contributed by atoms with Crippen LogP contribution >= 0.6 is 0 Å². The summed E-state index contributed by atoms with van der Waals surface area (Å²) in [6.07, 6.45) is 6.24. The molecule has 0 amide bonds. The number of allylic oxidation sites excluding steroid dienone is 3. The van der Waals surface area contributed by atoms with Crippen LogP contribution in [0.4, 0.5) is 8.78 Å². The highest BCUT2D eigenvalue weighted by Crippen LogP contribution is 2.27. The lowest BCUT2D eigenvalue weighted by Gasteiger charge is -2.13. The van der Waals surface area contributed by atoms with Gasteiger partial charge in [0.2, 0.25) is 0 Å². The fourth-order valence-corrected chi connectivity index (χ4v) is 2.12. The SMILES string of the molecule is C=C(NCc1cccc(C(C)(F)F)c1)C1=CC(C)C=C1. The van der Waals surface area contributed by atoms with Crippen LogP contribution in [-0.2, 0) is 12.5 Å². The molecule has 0 fully saturated rings. The van der Waals surface area contributed by atoms with Crippen LogP contribution in [0.5, 0.6) is 0 Å². The fraction of sp³-hybridized carbons (Fsp3) is 0.294. The molecule has 0 heterocycles. The summed E-state index contributed by atoms with van der Waals surface area (Å²) in [5, 5.41) is 3.18. The molecule has 1 nitrogen and oxygen atoms in total. The topological polar surface area (TPSA) is 12.0 Å². The average Bonchev–Trinajstić information content (AvgIpc) is 2.82. The molecule has 0 bridgehead atoms. The lowest BCUT2D eigenvalue weighted by atomic mass is 10.1. The summed E-state index contributed by atoms with van der Waals surface area (Å²) >= 11 is 0. The molecule has 3 heteroatoms. The molecule has 0 aromatic heterocycles. The first-order valence-corrected chi connectivity index (χ1v) is 6.66. The molecule has 1 unspecified atom stereocenters. The van der Waals surface area contributed by atoms with E-state index in [1.54, 1.807) is 6.07 Å². The summed E-state index contributed by atoms with van der Waals surface area (Å²) in [7, 11) is 0. The highest BCUT2D eigenvalue weighted by molar-refractivity contribution is 5.42. The largest absolute Gasteiger partial charge is 0.381 e. The summed E-state index contributed by atoms with van der Waals surface area (Å²) in [6, 6.07) is 6.46. The van der Waals surface area contributed by atoms with Crippen LogP contribution in [0.2, 0.25) is 0 Å². The minimum absolute atomic E-state index is 0.0380. The second kappa shape index (κ2) is 5.61. The van der Waals surface area contributed by atoms with Crippen molar-refractivity contribution in [1.82, 2.24) is 5.32 Å². The zero-order valence-electron chi connectivity index (χ0n) is 11.8. The predicted octanol–water partition coefficient (Wildman–Crippen LogP) is 4.53. The van der Waals surface area contributed by atoms with Crippen LogP contribution in [0, 0.1) is 5.92 Å². The Hall–Kier alpha value is -1.90. The highest BCUT2D eigenvalue weighted by atomic mass is 19.3. The van der Waals surface area contributed by atoms with E-state index in [2.05, 4.69) is 31.0 Å². The van der Waals surface area contributed by atoms with Crippen molar-refractivity contribution in [3.8, 4) is 0 Å². The van der Waals surface area contributed by atoms with Gasteiger partial charge in [-0.3, -0.25) is 0 Å². The molecule has 1 aliphatic rings. The standard InChI is InChI=1S/C17H19F2N/c1-12-7-8-15(9-12)13(2)20-11-14-5-4-6-16(10-14)17(3,18)19/h4-10,12,20H,2,11H2,1,3H3. The summed E-state index contributed by atoms with van der Waals surface area (Å²) in [5.41, 5.74) is 2.74. The van der Waals surface area contributed by atoms with Crippen LogP contribution in [0.15, 0.2) is 60.3 Å². The van der Waals surface area contributed by atoms with Gasteiger partial charge in [-0.15, -0.1) is 0 Å². The van der Waals surface area contributed by atoms with Crippen molar-refractivity contribution in [1.29, 1.82) is 0 Å². The Morgan fingerprint density at radius 1 is 1.40 bits per heavy atom. The Morgan fingerprint density at radius 3 is 2.75 bits per heavy atom. The van der Waals surface area contributed by atoms with Gasteiger partial charge >= 0.3 is 0 Å². The number of nitrogens with one attached hydrogen (secondary N) is 1. The van der Waals surface area contributed by atoms with E-state index >= 15 is 0 Å². The van der Waals surface area contributed by atoms with Crippen LogP contribution in [0.1, 0.15) is 25.0 Å². The van der Waals surface area contributed by atoms with Gasteiger partial charge < -0.3 is 5.32 Å². The van der Waals surface area contributed by atoms with Crippen LogP contribution in [0.25, 0.3) is 0 Å². The third-order valence-electron chi connectivity index (χ3n) is 3.31. The third kappa shape index (κ3) is 3.56. The maximum atomic E-state index is 13.3. The molecule has 0 saturated heterocycles. The molecule has 1 aromatic carbocycles. The molecule has 2 rings (SSSR count). The van der Waals surface area contributed by atoms with Crippen molar-refractivity contribution in [3.05, 3.63) is 71.5 Å². The van der Waals surface area contributed by atoms with E-state index in [0.717, 1.165) is 23.8 Å². The number of halogens is 2. The number of benzene rings is 1. The first-order chi connectivity index (χ1) is 9.36. The molecule has 0 aliphatic heterocycles. The molecular formula is C17H19F2N. The zero-order chi connectivity index (χ0) is 14.8. The fourth-order valence-electron chi connectivity index (χ4n) is 2.12. The van der Waals surface area contributed by atoms with Gasteiger partial charge in [0.25, 0.3) is 5.92 Å². The minimum atomic E-state index is -2.81. The van der Waals surface area contributed by atoms with Crippen molar-refractivity contribution in [2.75, 3.05) is 0 Å². The van der Waals surface area contributed by atoms with E-state index in [1.165, 1.54) is 12.1 Å². The maximum absolute atomic E-state index is 13.3. The average molecular weight is 275 g/mol. The van der Waals surface area contributed by atoms with Gasteiger partial charge in [0, 0.05) is 24.7 Å². The number of hydrogen-bond donors (Lipinski definition) is 1. The van der Waals surface area contributed by atoms with E-state index in [9.17, 15) is 8.78 Å². The molecule has 0 spiro atoms. The van der Waals surface area contributed by atoms with Gasteiger partial charge in [-0.2, -0.15) is 0 Å². The predicted molar refractivity (Wildman–Crippen MR) is 78.4 cm³/mol. The molecule has 106 valence electrons. The quantitative estimate of drug-likeness (QED) is 0.832. The molecular weight excluding hydrogens is 256 g/mol. The smallest absolute Gasteiger partial charge is 0.270 e. The second-order valence-corrected chi connectivity index (χ2v) is 5.26. The van der Waals surface area contributed by atoms with Crippen molar-refractivity contribution in [2.45, 2.75) is 26.3 Å². The van der Waals surface area contributed by atoms with Crippen molar-refractivity contribution in [2.24, 2.45) is 5.92 Å². The first kappa shape index (κ1) is 14.5. The van der Waals surface area contributed by atoms with Crippen LogP contribution < -0.4 is 5.32 Å². The van der Waals surface area contributed by atoms with Gasteiger partial charge in [-0.05, 0) is 23.1 Å². The third-order valence-corrected chi connectivity index (χ3v) is 3.31. The number of hydrogen-bond acceptors (Lipinski definition) is 1. The molecule has 0 saturated carbocycles. The molecule has 1 N–H and O–H groups in total. The lowest BCUT2D eigenvalue weighted by Crippen LogP contribution is -2.14. The zero-order valence-corrected chi connectivity index (χ0v) is 11.8. The Bertz CT molecular complexity index is 565. The molecule has 20 heavy (non-hydrogen) atoms.